The molecule has 5 nitrogen and oxygen atoms in total. The van der Waals surface area contributed by atoms with Crippen LogP contribution < -0.4 is 5.32 Å². The second-order valence-electron chi connectivity index (χ2n) is 6.90. The van der Waals surface area contributed by atoms with Crippen LogP contribution in [0.2, 0.25) is 5.02 Å². The monoisotopic (exact) mass is 474 g/mol. The van der Waals surface area contributed by atoms with Crippen molar-refractivity contribution in [3.8, 4) is 0 Å². The van der Waals surface area contributed by atoms with Gasteiger partial charge in [0, 0.05) is 16.5 Å². The number of halogens is 1. The van der Waals surface area contributed by atoms with E-state index in [2.05, 4.69) is 5.32 Å². The molecule has 0 radical (unpaired) electrons. The van der Waals surface area contributed by atoms with E-state index in [1.165, 1.54) is 40.3 Å². The van der Waals surface area contributed by atoms with Gasteiger partial charge in [0.2, 0.25) is 15.9 Å². The first-order chi connectivity index (χ1) is 14.8. The number of hydrogen-bond acceptors (Lipinski definition) is 4. The van der Waals surface area contributed by atoms with Gasteiger partial charge in [0.1, 0.15) is 0 Å². The highest BCUT2D eigenvalue weighted by molar-refractivity contribution is 7.98. The predicted octanol–water partition coefficient (Wildman–Crippen LogP) is 5.20. The second-order valence-corrected chi connectivity index (χ2v) is 10.1. The molecule has 3 rings (SSSR count). The molecule has 1 N–H and O–H groups in total. The molecule has 1 amide bonds. The Labute approximate surface area is 192 Å². The van der Waals surface area contributed by atoms with Gasteiger partial charge in [0.25, 0.3) is 0 Å². The minimum absolute atomic E-state index is 0.0786. The lowest BCUT2D eigenvalue weighted by atomic mass is 10.1. The van der Waals surface area contributed by atoms with E-state index in [0.717, 1.165) is 16.0 Å². The van der Waals surface area contributed by atoms with Gasteiger partial charge in [-0.05, 0) is 60.7 Å². The van der Waals surface area contributed by atoms with Gasteiger partial charge in [0.15, 0.2) is 0 Å². The van der Waals surface area contributed by atoms with Crippen molar-refractivity contribution in [2.45, 2.75) is 23.3 Å². The Morgan fingerprint density at radius 1 is 1.00 bits per heavy atom. The quantitative estimate of drug-likeness (QED) is 0.455. The van der Waals surface area contributed by atoms with Gasteiger partial charge in [-0.3, -0.25) is 4.79 Å². The van der Waals surface area contributed by atoms with E-state index >= 15 is 0 Å². The number of sulfonamides is 1. The highest BCUT2D eigenvalue weighted by Gasteiger charge is 2.27. The fourth-order valence-electron chi connectivity index (χ4n) is 3.06. The van der Waals surface area contributed by atoms with Crippen LogP contribution in [0.4, 0.5) is 5.69 Å². The fraction of sp³-hybridized carbons (Fsp3) is 0.174. The Bertz CT molecular complexity index is 1170. The molecule has 0 bridgehead atoms. The summed E-state index contributed by atoms with van der Waals surface area (Å²) in [5.74, 6) is -0.410. The number of rotatable bonds is 8. The summed E-state index contributed by atoms with van der Waals surface area (Å²) in [4.78, 5) is 13.8. The van der Waals surface area contributed by atoms with Crippen LogP contribution in [0.3, 0.4) is 0 Å². The van der Waals surface area contributed by atoms with Crippen molar-refractivity contribution in [2.75, 3.05) is 18.1 Å². The number of para-hydroxylation sites is 1. The average molecular weight is 475 g/mol. The number of carbonyl (C=O) groups is 1. The lowest BCUT2D eigenvalue weighted by Crippen LogP contribution is -2.37. The van der Waals surface area contributed by atoms with Crippen molar-refractivity contribution in [3.05, 3.63) is 88.9 Å². The Hall–Kier alpha value is -2.32. The highest BCUT2D eigenvalue weighted by Crippen LogP contribution is 2.25. The summed E-state index contributed by atoms with van der Waals surface area (Å²) in [5.41, 5.74) is 2.43. The van der Waals surface area contributed by atoms with E-state index in [9.17, 15) is 13.2 Å². The number of anilines is 1. The van der Waals surface area contributed by atoms with Crippen LogP contribution in [0.5, 0.6) is 0 Å². The van der Waals surface area contributed by atoms with Gasteiger partial charge < -0.3 is 5.32 Å². The van der Waals surface area contributed by atoms with E-state index in [-0.39, 0.29) is 18.0 Å². The van der Waals surface area contributed by atoms with Crippen molar-refractivity contribution in [2.24, 2.45) is 0 Å². The van der Waals surface area contributed by atoms with Crippen LogP contribution in [0, 0.1) is 6.92 Å². The number of carbonyl (C=O) groups excluding carboxylic acids is 1. The first-order valence-corrected chi connectivity index (χ1v) is 12.6. The number of aryl methyl sites for hydroxylation is 1. The van der Waals surface area contributed by atoms with E-state index in [0.29, 0.717) is 10.7 Å². The molecule has 0 aliphatic rings. The predicted molar refractivity (Wildman–Crippen MR) is 127 cm³/mol. The van der Waals surface area contributed by atoms with Gasteiger partial charge >= 0.3 is 0 Å². The van der Waals surface area contributed by atoms with Crippen molar-refractivity contribution in [1.29, 1.82) is 0 Å². The zero-order valence-electron chi connectivity index (χ0n) is 17.2. The zero-order valence-corrected chi connectivity index (χ0v) is 19.6. The number of amides is 1. The summed E-state index contributed by atoms with van der Waals surface area (Å²) in [7, 11) is -3.93. The Kier molecular flexibility index (Phi) is 7.78. The molecule has 0 aliphatic heterocycles. The molecular formula is C23H23ClN2O3S2. The standard InChI is InChI=1S/C23H23ClN2O3S2/c1-17-7-3-4-8-18(17)15-26(31(28,29)20-13-11-19(24)12-14-20)16-23(27)25-21-9-5-6-10-22(21)30-2/h3-14H,15-16H2,1-2H3,(H,25,27). The Balaban J connectivity index is 1.91. The molecule has 0 spiro atoms. The molecule has 0 aliphatic carbocycles. The third-order valence-corrected chi connectivity index (χ3v) is 7.61. The molecular weight excluding hydrogens is 452 g/mol. The van der Waals surface area contributed by atoms with Gasteiger partial charge in [-0.15, -0.1) is 11.8 Å². The van der Waals surface area contributed by atoms with Crippen molar-refractivity contribution < 1.29 is 13.2 Å². The molecule has 162 valence electrons. The lowest BCUT2D eigenvalue weighted by Gasteiger charge is -2.23. The van der Waals surface area contributed by atoms with Crippen molar-refractivity contribution in [3.63, 3.8) is 0 Å². The fourth-order valence-corrected chi connectivity index (χ4v) is 5.11. The molecule has 0 aromatic heterocycles. The first-order valence-electron chi connectivity index (χ1n) is 9.54. The minimum Gasteiger partial charge on any atom is -0.324 e. The topological polar surface area (TPSA) is 66.5 Å². The summed E-state index contributed by atoms with van der Waals surface area (Å²) in [5, 5.41) is 3.28. The van der Waals surface area contributed by atoms with Crippen LogP contribution in [-0.2, 0) is 21.4 Å². The normalized spacial score (nSPS) is 11.5. The molecule has 0 heterocycles. The van der Waals surface area contributed by atoms with Crippen LogP contribution in [0.15, 0.2) is 82.6 Å². The van der Waals surface area contributed by atoms with Crippen LogP contribution in [0.25, 0.3) is 0 Å². The highest BCUT2D eigenvalue weighted by atomic mass is 35.5. The summed E-state index contributed by atoms with van der Waals surface area (Å²) < 4.78 is 27.9. The SMILES string of the molecule is CSc1ccccc1NC(=O)CN(Cc1ccccc1C)S(=O)(=O)c1ccc(Cl)cc1. The molecule has 0 atom stereocenters. The summed E-state index contributed by atoms with van der Waals surface area (Å²) >= 11 is 7.43. The molecule has 0 fully saturated rings. The molecule has 0 saturated heterocycles. The van der Waals surface area contributed by atoms with Crippen LogP contribution >= 0.6 is 23.4 Å². The molecule has 3 aromatic carbocycles. The Morgan fingerprint density at radius 3 is 2.32 bits per heavy atom. The molecule has 0 saturated carbocycles. The molecule has 8 heteroatoms. The summed E-state index contributed by atoms with van der Waals surface area (Å²) in [6.45, 7) is 1.68. The molecule has 31 heavy (non-hydrogen) atoms. The number of nitrogens with one attached hydrogen (secondary N) is 1. The maximum atomic E-state index is 13.4. The van der Waals surface area contributed by atoms with Crippen molar-refractivity contribution in [1.82, 2.24) is 4.31 Å². The number of thioether (sulfide) groups is 1. The minimum atomic E-state index is -3.93. The van der Waals surface area contributed by atoms with Gasteiger partial charge in [-0.25, -0.2) is 8.42 Å². The zero-order chi connectivity index (χ0) is 22.4. The third-order valence-electron chi connectivity index (χ3n) is 4.76. The van der Waals surface area contributed by atoms with Gasteiger partial charge in [-0.2, -0.15) is 4.31 Å². The van der Waals surface area contributed by atoms with Crippen LogP contribution in [0.1, 0.15) is 11.1 Å². The number of benzene rings is 3. The number of hydrogen-bond donors (Lipinski definition) is 1. The van der Waals surface area contributed by atoms with Crippen molar-refractivity contribution >= 4 is 45.0 Å². The lowest BCUT2D eigenvalue weighted by molar-refractivity contribution is -0.116. The van der Waals surface area contributed by atoms with E-state index in [1.807, 2.05) is 55.6 Å². The average Bonchev–Trinajstić information content (AvgIpc) is 2.75. The third kappa shape index (κ3) is 5.89. The largest absolute Gasteiger partial charge is 0.324 e. The van der Waals surface area contributed by atoms with Gasteiger partial charge in [-0.1, -0.05) is 48.0 Å². The van der Waals surface area contributed by atoms with Crippen LogP contribution in [-0.4, -0.2) is 31.4 Å². The maximum Gasteiger partial charge on any atom is 0.243 e. The maximum absolute atomic E-state index is 13.4. The smallest absolute Gasteiger partial charge is 0.243 e. The Morgan fingerprint density at radius 2 is 1.65 bits per heavy atom. The summed E-state index contributed by atoms with van der Waals surface area (Å²) in [6, 6.07) is 20.9. The van der Waals surface area contributed by atoms with E-state index in [4.69, 9.17) is 11.6 Å². The second kappa shape index (κ2) is 10.3. The van der Waals surface area contributed by atoms with E-state index in [1.54, 1.807) is 6.07 Å². The first kappa shape index (κ1) is 23.3. The summed E-state index contributed by atoms with van der Waals surface area (Å²) in [6.07, 6.45) is 1.92. The molecule has 0 unspecified atom stereocenters. The van der Waals surface area contributed by atoms with Gasteiger partial charge in [0.05, 0.1) is 17.1 Å². The van der Waals surface area contributed by atoms with E-state index < -0.39 is 15.9 Å². The number of nitrogens with zero attached hydrogens (tertiary/aromatic N) is 1. The molecule has 3 aromatic rings.